The largest absolute Gasteiger partial charge is 0.378 e. The highest BCUT2D eigenvalue weighted by atomic mass is 16.3. The lowest BCUT2D eigenvalue weighted by molar-refractivity contribution is -0.126. The van der Waals surface area contributed by atoms with Gasteiger partial charge in [-0.2, -0.15) is 0 Å². The van der Waals surface area contributed by atoms with Gasteiger partial charge in [0.25, 0.3) is 5.91 Å². The number of rotatable bonds is 3. The molecule has 1 unspecified atom stereocenters. The van der Waals surface area contributed by atoms with Gasteiger partial charge in [-0.1, -0.05) is 12.1 Å². The molecule has 0 aromatic heterocycles. The number of aliphatic hydroxyl groups excluding tert-OH is 1. The quantitative estimate of drug-likeness (QED) is 0.726. The average molecular weight is 194 g/mol. The lowest BCUT2D eigenvalue weighted by Crippen LogP contribution is -2.20. The summed E-state index contributed by atoms with van der Waals surface area (Å²) in [6.45, 7) is 0. The molecule has 76 valence electrons. The van der Waals surface area contributed by atoms with Crippen molar-refractivity contribution in [1.29, 1.82) is 0 Å². The van der Waals surface area contributed by atoms with E-state index in [-0.39, 0.29) is 0 Å². The zero-order valence-electron chi connectivity index (χ0n) is 8.27. The second-order valence-corrected chi connectivity index (χ2v) is 3.29. The van der Waals surface area contributed by atoms with E-state index in [0.29, 0.717) is 5.56 Å². The van der Waals surface area contributed by atoms with E-state index in [4.69, 9.17) is 5.73 Å². The Kier molecular flexibility index (Phi) is 3.09. The molecule has 0 bridgehead atoms. The Balaban J connectivity index is 2.88. The van der Waals surface area contributed by atoms with Crippen molar-refractivity contribution in [3.05, 3.63) is 29.8 Å². The minimum absolute atomic E-state index is 0.517. The van der Waals surface area contributed by atoms with Gasteiger partial charge in [-0.15, -0.1) is 0 Å². The highest BCUT2D eigenvalue weighted by molar-refractivity contribution is 5.80. The molecule has 4 heteroatoms. The summed E-state index contributed by atoms with van der Waals surface area (Å²) in [5.74, 6) is -0.734. The Morgan fingerprint density at radius 1 is 1.36 bits per heavy atom. The van der Waals surface area contributed by atoms with Crippen LogP contribution in [0.25, 0.3) is 0 Å². The molecule has 1 amide bonds. The summed E-state index contributed by atoms with van der Waals surface area (Å²) in [5.41, 5.74) is 6.49. The molecule has 0 fully saturated rings. The molecule has 3 N–H and O–H groups in total. The first-order chi connectivity index (χ1) is 6.52. The first-order valence-corrected chi connectivity index (χ1v) is 4.27. The van der Waals surface area contributed by atoms with E-state index in [1.54, 1.807) is 12.1 Å². The monoisotopic (exact) mass is 194 g/mol. The molecule has 0 aliphatic carbocycles. The molecular weight excluding hydrogens is 180 g/mol. The topological polar surface area (TPSA) is 66.6 Å². The average Bonchev–Trinajstić information content (AvgIpc) is 2.16. The van der Waals surface area contributed by atoms with Gasteiger partial charge in [-0.3, -0.25) is 4.79 Å². The molecule has 0 heterocycles. The fourth-order valence-corrected chi connectivity index (χ4v) is 1.12. The lowest BCUT2D eigenvalue weighted by Gasteiger charge is -2.13. The highest BCUT2D eigenvalue weighted by Gasteiger charge is 2.12. The first-order valence-electron chi connectivity index (χ1n) is 4.27. The van der Waals surface area contributed by atoms with Gasteiger partial charge in [-0.05, 0) is 17.7 Å². The van der Waals surface area contributed by atoms with Crippen LogP contribution in [0.4, 0.5) is 5.69 Å². The number of amides is 1. The van der Waals surface area contributed by atoms with E-state index >= 15 is 0 Å². The van der Waals surface area contributed by atoms with Crippen LogP contribution >= 0.6 is 0 Å². The van der Waals surface area contributed by atoms with E-state index in [9.17, 15) is 9.90 Å². The molecule has 14 heavy (non-hydrogen) atoms. The Morgan fingerprint density at radius 3 is 2.21 bits per heavy atom. The van der Waals surface area contributed by atoms with Gasteiger partial charge in [0, 0.05) is 19.8 Å². The zero-order chi connectivity index (χ0) is 10.7. The number of aliphatic hydroxyl groups is 1. The summed E-state index contributed by atoms with van der Waals surface area (Å²) in [7, 11) is 3.83. The third kappa shape index (κ3) is 2.23. The Labute approximate surface area is 82.9 Å². The van der Waals surface area contributed by atoms with Crippen molar-refractivity contribution in [1.82, 2.24) is 0 Å². The smallest absolute Gasteiger partial charge is 0.250 e. The number of benzene rings is 1. The first kappa shape index (κ1) is 10.5. The van der Waals surface area contributed by atoms with Crippen molar-refractivity contribution < 1.29 is 9.90 Å². The van der Waals surface area contributed by atoms with Gasteiger partial charge in [-0.25, -0.2) is 0 Å². The number of primary amides is 1. The molecule has 0 radical (unpaired) electrons. The maximum absolute atomic E-state index is 10.7. The van der Waals surface area contributed by atoms with Gasteiger partial charge in [0.15, 0.2) is 6.10 Å². The summed E-state index contributed by atoms with van der Waals surface area (Å²) in [6.07, 6.45) is -1.22. The van der Waals surface area contributed by atoms with E-state index in [1.807, 2.05) is 31.1 Å². The molecule has 1 rings (SSSR count). The zero-order valence-corrected chi connectivity index (χ0v) is 8.27. The molecule has 1 aromatic carbocycles. The number of hydrogen-bond acceptors (Lipinski definition) is 3. The molecule has 0 aliphatic heterocycles. The minimum Gasteiger partial charge on any atom is -0.378 e. The van der Waals surface area contributed by atoms with Gasteiger partial charge in [0.2, 0.25) is 0 Å². The van der Waals surface area contributed by atoms with Crippen LogP contribution in [0, 0.1) is 0 Å². The molecule has 0 saturated heterocycles. The summed E-state index contributed by atoms with van der Waals surface area (Å²) in [5, 5.41) is 9.34. The number of hydrogen-bond donors (Lipinski definition) is 2. The number of nitrogens with two attached hydrogens (primary N) is 1. The predicted molar refractivity (Wildman–Crippen MR) is 54.9 cm³/mol. The van der Waals surface area contributed by atoms with E-state index in [0.717, 1.165) is 5.69 Å². The van der Waals surface area contributed by atoms with Crippen LogP contribution < -0.4 is 10.6 Å². The summed E-state index contributed by atoms with van der Waals surface area (Å²) in [4.78, 5) is 12.6. The van der Waals surface area contributed by atoms with Gasteiger partial charge in [0.1, 0.15) is 0 Å². The maximum Gasteiger partial charge on any atom is 0.250 e. The molecule has 0 aliphatic rings. The highest BCUT2D eigenvalue weighted by Crippen LogP contribution is 2.17. The van der Waals surface area contributed by atoms with Crippen molar-refractivity contribution in [2.24, 2.45) is 5.73 Å². The van der Waals surface area contributed by atoms with Crippen molar-refractivity contribution in [3.8, 4) is 0 Å². The normalized spacial score (nSPS) is 12.2. The number of anilines is 1. The molecular formula is C10H14N2O2. The predicted octanol–water partition coefficient (Wildman–Crippen LogP) is 0.271. The Hall–Kier alpha value is -1.55. The fraction of sp³-hybridized carbons (Fsp3) is 0.300. The summed E-state index contributed by atoms with van der Waals surface area (Å²) < 4.78 is 0. The van der Waals surface area contributed by atoms with E-state index in [2.05, 4.69) is 0 Å². The van der Waals surface area contributed by atoms with Crippen molar-refractivity contribution >= 4 is 11.6 Å². The fourth-order valence-electron chi connectivity index (χ4n) is 1.12. The van der Waals surface area contributed by atoms with Gasteiger partial charge >= 0.3 is 0 Å². The van der Waals surface area contributed by atoms with Crippen LogP contribution in [0.15, 0.2) is 24.3 Å². The van der Waals surface area contributed by atoms with E-state index in [1.165, 1.54) is 0 Å². The maximum atomic E-state index is 10.7. The molecule has 1 atom stereocenters. The third-order valence-corrected chi connectivity index (χ3v) is 1.99. The van der Waals surface area contributed by atoms with Crippen LogP contribution in [0.1, 0.15) is 11.7 Å². The Bertz CT molecular complexity index is 319. The molecule has 0 spiro atoms. The standard InChI is InChI=1S/C10H14N2O2/c1-12(2)8-5-3-7(4-6-8)9(13)10(11)14/h3-6,9,13H,1-2H3,(H2,11,14). The summed E-state index contributed by atoms with van der Waals surface area (Å²) >= 11 is 0. The van der Waals surface area contributed by atoms with Crippen molar-refractivity contribution in [3.63, 3.8) is 0 Å². The van der Waals surface area contributed by atoms with E-state index < -0.39 is 12.0 Å². The van der Waals surface area contributed by atoms with Crippen LogP contribution in [0.3, 0.4) is 0 Å². The Morgan fingerprint density at radius 2 is 1.86 bits per heavy atom. The molecule has 4 nitrogen and oxygen atoms in total. The second kappa shape index (κ2) is 4.11. The molecule has 0 saturated carbocycles. The van der Waals surface area contributed by atoms with Crippen molar-refractivity contribution in [2.75, 3.05) is 19.0 Å². The van der Waals surface area contributed by atoms with Crippen LogP contribution in [0.2, 0.25) is 0 Å². The third-order valence-electron chi connectivity index (χ3n) is 1.99. The molecule has 1 aromatic rings. The number of nitrogens with zero attached hydrogens (tertiary/aromatic N) is 1. The SMILES string of the molecule is CN(C)c1ccc(C(O)C(N)=O)cc1. The number of carbonyl (C=O) groups excluding carboxylic acids is 1. The van der Waals surface area contributed by atoms with Crippen LogP contribution in [0.5, 0.6) is 0 Å². The lowest BCUT2D eigenvalue weighted by atomic mass is 10.1. The minimum atomic E-state index is -1.22. The number of carbonyl (C=O) groups is 1. The summed E-state index contributed by atoms with van der Waals surface area (Å²) in [6, 6.07) is 7.01. The van der Waals surface area contributed by atoms with Gasteiger partial charge < -0.3 is 15.7 Å². The van der Waals surface area contributed by atoms with Crippen molar-refractivity contribution in [2.45, 2.75) is 6.10 Å². The second-order valence-electron chi connectivity index (χ2n) is 3.29. The van der Waals surface area contributed by atoms with Gasteiger partial charge in [0.05, 0.1) is 0 Å². The van der Waals surface area contributed by atoms with Crippen LogP contribution in [-0.4, -0.2) is 25.1 Å². The van der Waals surface area contributed by atoms with Crippen LogP contribution in [-0.2, 0) is 4.79 Å².